The Labute approximate surface area is 130 Å². The van der Waals surface area contributed by atoms with E-state index in [1.165, 1.54) is 48.4 Å². The van der Waals surface area contributed by atoms with Crippen molar-refractivity contribution in [2.45, 2.75) is 33.7 Å². The molecule has 118 valence electrons. The fourth-order valence-corrected chi connectivity index (χ4v) is 3.07. The van der Waals surface area contributed by atoms with Crippen molar-refractivity contribution in [2.75, 3.05) is 46.3 Å². The molecule has 1 unspecified atom stereocenters. The second-order valence-corrected chi connectivity index (χ2v) is 6.61. The van der Waals surface area contributed by atoms with Crippen molar-refractivity contribution in [3.8, 4) is 0 Å². The first-order chi connectivity index (χ1) is 9.97. The molecule has 1 N–H and O–H groups in total. The van der Waals surface area contributed by atoms with Gasteiger partial charge in [0.25, 0.3) is 0 Å². The van der Waals surface area contributed by atoms with Crippen molar-refractivity contribution in [1.29, 1.82) is 0 Å². The highest BCUT2D eigenvalue weighted by atomic mass is 15.2. The van der Waals surface area contributed by atoms with E-state index in [0.717, 1.165) is 13.1 Å². The summed E-state index contributed by atoms with van der Waals surface area (Å²) in [5, 5.41) is 3.69. The van der Waals surface area contributed by atoms with Gasteiger partial charge in [0.15, 0.2) is 0 Å². The lowest BCUT2D eigenvalue weighted by atomic mass is 9.96. The Morgan fingerprint density at radius 1 is 1.00 bits per heavy atom. The summed E-state index contributed by atoms with van der Waals surface area (Å²) >= 11 is 0. The summed E-state index contributed by atoms with van der Waals surface area (Å²) in [6.45, 7) is 15.9. The second-order valence-electron chi connectivity index (χ2n) is 6.61. The van der Waals surface area contributed by atoms with Gasteiger partial charge in [-0.05, 0) is 57.0 Å². The average Bonchev–Trinajstić information content (AvgIpc) is 2.45. The molecule has 1 aromatic carbocycles. The van der Waals surface area contributed by atoms with E-state index < -0.39 is 0 Å². The van der Waals surface area contributed by atoms with Crippen LogP contribution in [0.2, 0.25) is 0 Å². The quantitative estimate of drug-likeness (QED) is 0.898. The molecule has 1 atom stereocenters. The third-order valence-electron chi connectivity index (χ3n) is 4.82. The number of benzene rings is 1. The molecule has 3 nitrogen and oxygen atoms in total. The fourth-order valence-electron chi connectivity index (χ4n) is 3.07. The monoisotopic (exact) mass is 289 g/mol. The third kappa shape index (κ3) is 4.53. The molecular formula is C18H31N3. The molecule has 21 heavy (non-hydrogen) atoms. The Bertz CT molecular complexity index is 462. The van der Waals surface area contributed by atoms with Crippen LogP contribution in [0.4, 0.5) is 0 Å². The van der Waals surface area contributed by atoms with Crippen molar-refractivity contribution >= 4 is 0 Å². The number of hydrogen-bond acceptors (Lipinski definition) is 3. The minimum absolute atomic E-state index is 0.428. The maximum absolute atomic E-state index is 3.69. The van der Waals surface area contributed by atoms with E-state index in [1.54, 1.807) is 0 Å². The third-order valence-corrected chi connectivity index (χ3v) is 4.82. The minimum Gasteiger partial charge on any atom is -0.309 e. The number of hydrogen-bond donors (Lipinski definition) is 1. The first-order valence-corrected chi connectivity index (χ1v) is 8.19. The molecule has 3 heteroatoms. The Morgan fingerprint density at radius 3 is 2.29 bits per heavy atom. The van der Waals surface area contributed by atoms with Crippen LogP contribution in [-0.4, -0.2) is 56.1 Å². The number of piperazine rings is 1. The van der Waals surface area contributed by atoms with E-state index in [2.05, 4.69) is 62.0 Å². The highest BCUT2D eigenvalue weighted by Crippen LogP contribution is 2.21. The molecule has 0 saturated carbocycles. The van der Waals surface area contributed by atoms with Crippen LogP contribution < -0.4 is 5.32 Å². The molecule has 0 radical (unpaired) electrons. The van der Waals surface area contributed by atoms with Gasteiger partial charge in [-0.1, -0.05) is 12.1 Å². The van der Waals surface area contributed by atoms with Gasteiger partial charge in [0.2, 0.25) is 0 Å². The van der Waals surface area contributed by atoms with Crippen molar-refractivity contribution in [2.24, 2.45) is 0 Å². The summed E-state index contributed by atoms with van der Waals surface area (Å²) in [7, 11) is 2.21. The van der Waals surface area contributed by atoms with Gasteiger partial charge < -0.3 is 10.2 Å². The van der Waals surface area contributed by atoms with Crippen LogP contribution in [0.5, 0.6) is 0 Å². The molecule has 0 bridgehead atoms. The molecule has 1 aliphatic rings. The summed E-state index contributed by atoms with van der Waals surface area (Å²) in [6.07, 6.45) is 0. The molecule has 1 fully saturated rings. The van der Waals surface area contributed by atoms with Gasteiger partial charge in [0.1, 0.15) is 0 Å². The van der Waals surface area contributed by atoms with Crippen molar-refractivity contribution in [3.63, 3.8) is 0 Å². The number of nitrogens with one attached hydrogen (secondary N) is 1. The zero-order valence-corrected chi connectivity index (χ0v) is 14.4. The summed E-state index contributed by atoms with van der Waals surface area (Å²) in [5.74, 6) is 0. The normalized spacial score (nSPS) is 18.9. The van der Waals surface area contributed by atoms with Crippen LogP contribution >= 0.6 is 0 Å². The fraction of sp³-hybridized carbons (Fsp3) is 0.667. The Hall–Kier alpha value is -0.900. The predicted molar refractivity (Wildman–Crippen MR) is 91.0 cm³/mol. The largest absolute Gasteiger partial charge is 0.309 e. The van der Waals surface area contributed by atoms with E-state index in [0.29, 0.717) is 6.04 Å². The lowest BCUT2D eigenvalue weighted by Gasteiger charge is -2.32. The van der Waals surface area contributed by atoms with Crippen LogP contribution in [0.3, 0.4) is 0 Å². The molecule has 1 heterocycles. The number of nitrogens with zero attached hydrogens (tertiary/aromatic N) is 2. The van der Waals surface area contributed by atoms with Crippen LogP contribution in [-0.2, 0) is 0 Å². The average molecular weight is 289 g/mol. The first kappa shape index (κ1) is 16.5. The molecule has 1 aromatic rings. The Kier molecular flexibility index (Phi) is 5.80. The highest BCUT2D eigenvalue weighted by Gasteiger charge is 2.14. The van der Waals surface area contributed by atoms with Crippen LogP contribution in [0.1, 0.15) is 35.2 Å². The molecule has 1 saturated heterocycles. The van der Waals surface area contributed by atoms with E-state index in [9.17, 15) is 0 Å². The van der Waals surface area contributed by atoms with E-state index in [4.69, 9.17) is 0 Å². The summed E-state index contributed by atoms with van der Waals surface area (Å²) in [6, 6.07) is 5.08. The highest BCUT2D eigenvalue weighted by molar-refractivity contribution is 5.37. The molecule has 0 aromatic heterocycles. The van der Waals surface area contributed by atoms with Gasteiger partial charge in [0.05, 0.1) is 0 Å². The van der Waals surface area contributed by atoms with Gasteiger partial charge in [0, 0.05) is 45.3 Å². The summed E-state index contributed by atoms with van der Waals surface area (Å²) in [4.78, 5) is 4.97. The molecule has 2 rings (SSSR count). The van der Waals surface area contributed by atoms with Crippen LogP contribution in [0.25, 0.3) is 0 Å². The van der Waals surface area contributed by atoms with Crippen molar-refractivity contribution in [3.05, 3.63) is 34.4 Å². The molecule has 0 amide bonds. The van der Waals surface area contributed by atoms with Crippen molar-refractivity contribution < 1.29 is 0 Å². The van der Waals surface area contributed by atoms with E-state index in [-0.39, 0.29) is 0 Å². The zero-order valence-electron chi connectivity index (χ0n) is 14.4. The second kappa shape index (κ2) is 7.39. The minimum atomic E-state index is 0.428. The van der Waals surface area contributed by atoms with Gasteiger partial charge in [-0.3, -0.25) is 4.90 Å². The van der Waals surface area contributed by atoms with Gasteiger partial charge in [-0.15, -0.1) is 0 Å². The smallest absolute Gasteiger partial charge is 0.0295 e. The maximum Gasteiger partial charge on any atom is 0.0295 e. The first-order valence-electron chi connectivity index (χ1n) is 8.19. The molecular weight excluding hydrogens is 258 g/mol. The Morgan fingerprint density at radius 2 is 1.62 bits per heavy atom. The van der Waals surface area contributed by atoms with Gasteiger partial charge >= 0.3 is 0 Å². The summed E-state index contributed by atoms with van der Waals surface area (Å²) < 4.78 is 0. The molecule has 1 aliphatic heterocycles. The van der Waals surface area contributed by atoms with Gasteiger partial charge in [-0.25, -0.2) is 0 Å². The SMILES string of the molecule is Cc1cc(C)c(C(C)NCCN2CCN(C)CC2)cc1C. The predicted octanol–water partition coefficient (Wildman–Crippen LogP) is 2.51. The van der Waals surface area contributed by atoms with E-state index in [1.807, 2.05) is 0 Å². The molecule has 0 aliphatic carbocycles. The standard InChI is InChI=1S/C18H31N3/c1-14-12-16(3)18(13-15(14)2)17(4)19-6-7-21-10-8-20(5)9-11-21/h12-13,17,19H,6-11H2,1-5H3. The number of aryl methyl sites for hydroxylation is 3. The number of likely N-dealkylation sites (N-methyl/N-ethyl adjacent to an activating group) is 1. The van der Waals surface area contributed by atoms with Crippen LogP contribution in [0.15, 0.2) is 12.1 Å². The lowest BCUT2D eigenvalue weighted by molar-refractivity contribution is 0.154. The maximum atomic E-state index is 3.69. The van der Waals surface area contributed by atoms with E-state index >= 15 is 0 Å². The van der Waals surface area contributed by atoms with Crippen LogP contribution in [0, 0.1) is 20.8 Å². The lowest BCUT2D eigenvalue weighted by Crippen LogP contribution is -2.46. The Balaban J connectivity index is 1.82. The van der Waals surface area contributed by atoms with Crippen molar-refractivity contribution in [1.82, 2.24) is 15.1 Å². The summed E-state index contributed by atoms with van der Waals surface area (Å²) in [5.41, 5.74) is 5.62. The van der Waals surface area contributed by atoms with Gasteiger partial charge in [-0.2, -0.15) is 0 Å². The zero-order chi connectivity index (χ0) is 15.4. The molecule has 0 spiro atoms. The number of rotatable bonds is 5. The topological polar surface area (TPSA) is 18.5 Å².